The predicted molar refractivity (Wildman–Crippen MR) is 111 cm³/mol. The van der Waals surface area contributed by atoms with Crippen molar-refractivity contribution in [3.8, 4) is 0 Å². The summed E-state index contributed by atoms with van der Waals surface area (Å²) in [5, 5.41) is 3.00. The van der Waals surface area contributed by atoms with Crippen LogP contribution in [0.1, 0.15) is 73.9 Å². The molecule has 0 saturated carbocycles. The van der Waals surface area contributed by atoms with Crippen molar-refractivity contribution in [1.82, 2.24) is 0 Å². The topological polar surface area (TPSA) is 49.4 Å². The van der Waals surface area contributed by atoms with Crippen LogP contribution >= 0.6 is 0 Å². The van der Waals surface area contributed by atoms with Gasteiger partial charge in [0.1, 0.15) is 0 Å². The van der Waals surface area contributed by atoms with Crippen LogP contribution < -0.4 is 10.2 Å². The van der Waals surface area contributed by atoms with Gasteiger partial charge in [0.2, 0.25) is 5.91 Å². The van der Waals surface area contributed by atoms with Gasteiger partial charge in [0.05, 0.1) is 0 Å². The second kappa shape index (κ2) is 7.95. The first kappa shape index (κ1) is 19.2. The molecule has 1 fully saturated rings. The first-order valence-corrected chi connectivity index (χ1v) is 9.72. The van der Waals surface area contributed by atoms with Crippen molar-refractivity contribution in [3.05, 3.63) is 59.2 Å². The minimum atomic E-state index is -0.112. The lowest BCUT2D eigenvalue weighted by Crippen LogP contribution is -2.23. The molecule has 1 aliphatic heterocycles. The molecule has 0 atom stereocenters. The smallest absolute Gasteiger partial charge is 0.255 e. The Morgan fingerprint density at radius 1 is 1.04 bits per heavy atom. The zero-order chi connectivity index (χ0) is 19.6. The van der Waals surface area contributed by atoms with Crippen LogP contribution in [0, 0.1) is 0 Å². The number of rotatable bonds is 5. The van der Waals surface area contributed by atoms with E-state index in [1.807, 2.05) is 36.4 Å². The Balaban J connectivity index is 1.84. The predicted octanol–water partition coefficient (Wildman–Crippen LogP) is 5.31. The Morgan fingerprint density at radius 3 is 2.44 bits per heavy atom. The van der Waals surface area contributed by atoms with Gasteiger partial charge in [-0.2, -0.15) is 0 Å². The molecule has 0 radical (unpaired) electrons. The number of carbonyl (C=O) groups is 2. The fourth-order valence-corrected chi connectivity index (χ4v) is 3.50. The van der Waals surface area contributed by atoms with Crippen molar-refractivity contribution in [2.45, 2.75) is 52.4 Å². The lowest BCUT2D eigenvalue weighted by Gasteiger charge is -2.18. The van der Waals surface area contributed by atoms with Gasteiger partial charge in [0.15, 0.2) is 0 Å². The minimum absolute atomic E-state index is 0.112. The van der Waals surface area contributed by atoms with Crippen LogP contribution in [0.5, 0.6) is 0 Å². The van der Waals surface area contributed by atoms with Gasteiger partial charge in [0.25, 0.3) is 5.91 Å². The van der Waals surface area contributed by atoms with Gasteiger partial charge in [-0.3, -0.25) is 9.59 Å². The van der Waals surface area contributed by atoms with Gasteiger partial charge in [-0.1, -0.05) is 45.9 Å². The summed E-state index contributed by atoms with van der Waals surface area (Å²) in [5.74, 6) is 0.719. The summed E-state index contributed by atoms with van der Waals surface area (Å²) in [6, 6.07) is 13.6. The van der Waals surface area contributed by atoms with Crippen molar-refractivity contribution in [2.24, 2.45) is 0 Å². The molecule has 4 nitrogen and oxygen atoms in total. The number of hydrogen-bond donors (Lipinski definition) is 1. The Morgan fingerprint density at radius 2 is 1.81 bits per heavy atom. The average Bonchev–Trinajstić information content (AvgIpc) is 3.07. The van der Waals surface area contributed by atoms with E-state index in [9.17, 15) is 9.59 Å². The quantitative estimate of drug-likeness (QED) is 0.781. The van der Waals surface area contributed by atoms with E-state index in [0.717, 1.165) is 24.2 Å². The number of nitrogens with zero attached hydrogens (tertiary/aromatic N) is 1. The molecular formula is C23H28N2O2. The maximum Gasteiger partial charge on any atom is 0.255 e. The number of amides is 2. The minimum Gasteiger partial charge on any atom is -0.322 e. The molecule has 3 rings (SSSR count). The Hall–Kier alpha value is -2.62. The zero-order valence-electron chi connectivity index (χ0n) is 16.6. The molecule has 1 aliphatic rings. The van der Waals surface area contributed by atoms with Gasteiger partial charge in [-0.25, -0.2) is 0 Å². The summed E-state index contributed by atoms with van der Waals surface area (Å²) < 4.78 is 0. The molecule has 0 aromatic heterocycles. The highest BCUT2D eigenvalue weighted by molar-refractivity contribution is 6.06. The first-order valence-electron chi connectivity index (χ1n) is 9.72. The van der Waals surface area contributed by atoms with Gasteiger partial charge in [0, 0.05) is 29.9 Å². The van der Waals surface area contributed by atoms with Gasteiger partial charge >= 0.3 is 0 Å². The number of hydrogen-bond acceptors (Lipinski definition) is 2. The van der Waals surface area contributed by atoms with Gasteiger partial charge < -0.3 is 10.2 Å². The van der Waals surface area contributed by atoms with Crippen LogP contribution in [-0.4, -0.2) is 18.4 Å². The van der Waals surface area contributed by atoms with Crippen molar-refractivity contribution in [3.63, 3.8) is 0 Å². The highest BCUT2D eigenvalue weighted by atomic mass is 16.2. The summed E-state index contributed by atoms with van der Waals surface area (Å²) in [6.45, 7) is 9.27. The molecule has 4 heteroatoms. The standard InChI is InChI=1S/C23H28N2O2/c1-15(2)17-10-11-20(21(13-17)16(3)4)23(27)24-18-7-5-8-19(14-18)25-12-6-9-22(25)26/h5,7-8,10-11,13-16H,6,9,12H2,1-4H3,(H,24,27). The van der Waals surface area contributed by atoms with Crippen molar-refractivity contribution < 1.29 is 9.59 Å². The first-order chi connectivity index (χ1) is 12.9. The zero-order valence-corrected chi connectivity index (χ0v) is 16.6. The number of nitrogens with one attached hydrogen (secondary N) is 1. The highest BCUT2D eigenvalue weighted by Crippen LogP contribution is 2.27. The molecular weight excluding hydrogens is 336 g/mol. The summed E-state index contributed by atoms with van der Waals surface area (Å²) in [5.41, 5.74) is 4.56. The Labute approximate surface area is 161 Å². The van der Waals surface area contributed by atoms with Crippen LogP contribution in [0.2, 0.25) is 0 Å². The van der Waals surface area contributed by atoms with E-state index in [0.29, 0.717) is 23.6 Å². The maximum absolute atomic E-state index is 12.9. The van der Waals surface area contributed by atoms with Crippen LogP contribution in [-0.2, 0) is 4.79 Å². The summed E-state index contributed by atoms with van der Waals surface area (Å²) in [4.78, 5) is 26.7. The maximum atomic E-state index is 12.9. The molecule has 0 bridgehead atoms. The van der Waals surface area contributed by atoms with Crippen LogP contribution in [0.25, 0.3) is 0 Å². The van der Waals surface area contributed by atoms with Crippen LogP contribution in [0.15, 0.2) is 42.5 Å². The van der Waals surface area contributed by atoms with E-state index in [2.05, 4.69) is 39.1 Å². The molecule has 1 heterocycles. The van der Waals surface area contributed by atoms with Crippen LogP contribution in [0.4, 0.5) is 11.4 Å². The molecule has 1 saturated heterocycles. The molecule has 1 N–H and O–H groups in total. The second-order valence-electron chi connectivity index (χ2n) is 7.81. The monoisotopic (exact) mass is 364 g/mol. The Kier molecular flexibility index (Phi) is 5.64. The number of benzene rings is 2. The number of anilines is 2. The van der Waals surface area contributed by atoms with Gasteiger partial charge in [-0.05, 0) is 53.6 Å². The summed E-state index contributed by atoms with van der Waals surface area (Å²) >= 11 is 0. The van der Waals surface area contributed by atoms with E-state index in [4.69, 9.17) is 0 Å². The third-order valence-corrected chi connectivity index (χ3v) is 5.10. The molecule has 2 aromatic carbocycles. The lowest BCUT2D eigenvalue weighted by atomic mass is 9.91. The highest BCUT2D eigenvalue weighted by Gasteiger charge is 2.22. The van der Waals surface area contributed by atoms with E-state index in [1.165, 1.54) is 5.56 Å². The molecule has 0 unspecified atom stereocenters. The fraction of sp³-hybridized carbons (Fsp3) is 0.391. The summed E-state index contributed by atoms with van der Waals surface area (Å²) in [6.07, 6.45) is 1.48. The Bertz CT molecular complexity index is 855. The number of carbonyl (C=O) groups excluding carboxylic acids is 2. The SMILES string of the molecule is CC(C)c1ccc(C(=O)Nc2cccc(N3CCCC3=O)c2)c(C(C)C)c1. The molecule has 142 valence electrons. The van der Waals surface area contributed by atoms with E-state index < -0.39 is 0 Å². The molecule has 2 aromatic rings. The molecule has 0 spiro atoms. The van der Waals surface area contributed by atoms with Crippen LogP contribution in [0.3, 0.4) is 0 Å². The molecule has 27 heavy (non-hydrogen) atoms. The van der Waals surface area contributed by atoms with E-state index >= 15 is 0 Å². The van der Waals surface area contributed by atoms with Crippen molar-refractivity contribution >= 4 is 23.2 Å². The van der Waals surface area contributed by atoms with E-state index in [-0.39, 0.29) is 17.7 Å². The molecule has 2 amide bonds. The van der Waals surface area contributed by atoms with E-state index in [1.54, 1.807) is 4.90 Å². The lowest BCUT2D eigenvalue weighted by molar-refractivity contribution is -0.117. The molecule has 0 aliphatic carbocycles. The largest absolute Gasteiger partial charge is 0.322 e. The van der Waals surface area contributed by atoms with Gasteiger partial charge in [-0.15, -0.1) is 0 Å². The van der Waals surface area contributed by atoms with Crippen molar-refractivity contribution in [1.29, 1.82) is 0 Å². The average molecular weight is 364 g/mol. The third kappa shape index (κ3) is 4.21. The normalized spacial score (nSPS) is 14.3. The van der Waals surface area contributed by atoms with Crippen molar-refractivity contribution in [2.75, 3.05) is 16.8 Å². The summed E-state index contributed by atoms with van der Waals surface area (Å²) in [7, 11) is 0. The second-order valence-corrected chi connectivity index (χ2v) is 7.81. The fourth-order valence-electron chi connectivity index (χ4n) is 3.50. The third-order valence-electron chi connectivity index (χ3n) is 5.10.